The van der Waals surface area contributed by atoms with Crippen molar-refractivity contribution in [1.29, 1.82) is 0 Å². The number of anilines is 2. The fourth-order valence-electron chi connectivity index (χ4n) is 7.41. The lowest BCUT2D eigenvalue weighted by Gasteiger charge is -2.33. The first-order valence-electron chi connectivity index (χ1n) is 18.9. The van der Waals surface area contributed by atoms with Crippen LogP contribution in [0.4, 0.5) is 11.5 Å². The van der Waals surface area contributed by atoms with E-state index < -0.39 is 16.9 Å². The molecule has 3 aromatic rings. The molecule has 0 radical (unpaired) electrons. The number of hydrogen-bond acceptors (Lipinski definition) is 9. The van der Waals surface area contributed by atoms with Crippen molar-refractivity contribution in [2.45, 2.75) is 59.9 Å². The lowest BCUT2D eigenvalue weighted by molar-refractivity contribution is -0.132. The summed E-state index contributed by atoms with van der Waals surface area (Å²) < 4.78 is 0. The van der Waals surface area contributed by atoms with Gasteiger partial charge >= 0.3 is 5.97 Å². The number of carboxylic acids is 1. The van der Waals surface area contributed by atoms with Gasteiger partial charge in [-0.2, -0.15) is 10.9 Å². The SMILES string of the molecule is CC[SH]1C(C)=C(Cl)C(N(CC2CCN(C)CC2)C(C)=O)=C1C(=O)O.Cc1sc(C(=O)NCc2ccc3c(N)nccc3c2)c(NCC2CCN(C)CC2)c1Cl. The van der Waals surface area contributed by atoms with Crippen molar-refractivity contribution in [2.24, 2.45) is 11.8 Å². The molecule has 2 saturated heterocycles. The molecule has 300 valence electrons. The number of hydrogen-bond donors (Lipinski definition) is 5. The summed E-state index contributed by atoms with van der Waals surface area (Å²) in [7, 11) is 3.31. The molecule has 1 atom stereocenters. The number of rotatable bonds is 11. The lowest BCUT2D eigenvalue weighted by atomic mass is 9.96. The third kappa shape index (κ3) is 10.4. The molecule has 0 saturated carbocycles. The average Bonchev–Trinajstić information content (AvgIpc) is 3.59. The Bertz CT molecular complexity index is 1950. The average molecular weight is 833 g/mol. The number of amides is 2. The zero-order chi connectivity index (χ0) is 40.0. The zero-order valence-corrected chi connectivity index (χ0v) is 35.9. The van der Waals surface area contributed by atoms with Gasteiger partial charge in [0, 0.05) is 43.0 Å². The van der Waals surface area contributed by atoms with Crippen LogP contribution in [0.15, 0.2) is 51.0 Å². The number of thiophene rings is 1. The Hall–Kier alpha value is -3.33. The van der Waals surface area contributed by atoms with E-state index in [2.05, 4.69) is 39.5 Å². The van der Waals surface area contributed by atoms with E-state index in [0.717, 1.165) is 96.0 Å². The lowest BCUT2D eigenvalue weighted by Crippen LogP contribution is -2.39. The second kappa shape index (κ2) is 19.2. The van der Waals surface area contributed by atoms with Gasteiger partial charge in [-0.15, -0.1) is 11.3 Å². The van der Waals surface area contributed by atoms with Crippen LogP contribution < -0.4 is 16.4 Å². The van der Waals surface area contributed by atoms with Crippen LogP contribution >= 0.6 is 45.4 Å². The van der Waals surface area contributed by atoms with E-state index in [1.807, 2.05) is 45.0 Å². The van der Waals surface area contributed by atoms with Crippen LogP contribution in [0.25, 0.3) is 10.8 Å². The summed E-state index contributed by atoms with van der Waals surface area (Å²) in [6.07, 6.45) is 6.04. The molecule has 55 heavy (non-hydrogen) atoms. The number of allylic oxidation sites excluding steroid dienone is 2. The van der Waals surface area contributed by atoms with Crippen molar-refractivity contribution in [1.82, 2.24) is 25.0 Å². The molecule has 0 bridgehead atoms. The quantitative estimate of drug-likeness (QED) is 0.124. The summed E-state index contributed by atoms with van der Waals surface area (Å²) in [5.41, 5.74) is 8.14. The summed E-state index contributed by atoms with van der Waals surface area (Å²) >= 11 is 14.5. The molecule has 3 aliphatic rings. The van der Waals surface area contributed by atoms with E-state index in [1.165, 1.54) is 18.3 Å². The molecule has 6 rings (SSSR count). The Labute approximate surface area is 341 Å². The fourth-order valence-corrected chi connectivity index (χ4v) is 11.4. The van der Waals surface area contributed by atoms with Crippen molar-refractivity contribution in [3.63, 3.8) is 0 Å². The van der Waals surface area contributed by atoms with E-state index in [9.17, 15) is 19.5 Å². The van der Waals surface area contributed by atoms with Gasteiger partial charge in [0.1, 0.15) is 15.6 Å². The zero-order valence-electron chi connectivity index (χ0n) is 32.7. The number of fused-ring (bicyclic) bond motifs is 1. The number of aryl methyl sites for hydroxylation is 1. The Kier molecular flexibility index (Phi) is 15.0. The Morgan fingerprint density at radius 2 is 1.67 bits per heavy atom. The highest BCUT2D eigenvalue weighted by atomic mass is 35.5. The minimum atomic E-state index is -0.956. The second-order valence-corrected chi connectivity index (χ2v) is 19.3. The highest BCUT2D eigenvalue weighted by Gasteiger charge is 2.37. The van der Waals surface area contributed by atoms with Gasteiger partial charge in [-0.1, -0.05) is 42.3 Å². The number of nitrogens with one attached hydrogen (secondary N) is 2. The maximum absolute atomic E-state index is 13.0. The summed E-state index contributed by atoms with van der Waals surface area (Å²) in [5.74, 6) is 1.01. The molecule has 1 aromatic carbocycles. The number of benzene rings is 1. The van der Waals surface area contributed by atoms with Gasteiger partial charge in [0.15, 0.2) is 0 Å². The van der Waals surface area contributed by atoms with Crippen LogP contribution in [0, 0.1) is 18.8 Å². The molecule has 15 heteroatoms. The normalized spacial score (nSPS) is 19.4. The highest BCUT2D eigenvalue weighted by Crippen LogP contribution is 2.55. The smallest absolute Gasteiger partial charge is 0.342 e. The van der Waals surface area contributed by atoms with Crippen LogP contribution in [-0.4, -0.2) is 102 Å². The number of carboxylic acid groups (broad SMARTS) is 1. The van der Waals surface area contributed by atoms with E-state index in [0.29, 0.717) is 56.3 Å². The number of thiol groups is 1. The molecule has 1 unspecified atom stereocenters. The Balaban J connectivity index is 0.000000219. The molecule has 5 N–H and O–H groups in total. The third-order valence-corrected chi connectivity index (χ3v) is 15.7. The van der Waals surface area contributed by atoms with Crippen LogP contribution in [0.2, 0.25) is 5.02 Å². The minimum absolute atomic E-state index is 0.111. The number of likely N-dealkylation sites (tertiary alicyclic amines) is 2. The molecule has 11 nitrogen and oxygen atoms in total. The predicted octanol–water partition coefficient (Wildman–Crippen LogP) is 7.50. The topological polar surface area (TPSA) is 144 Å². The maximum atomic E-state index is 13.0. The van der Waals surface area contributed by atoms with Gasteiger partial charge in [-0.3, -0.25) is 9.59 Å². The molecular weight excluding hydrogens is 778 g/mol. The first-order valence-corrected chi connectivity index (χ1v) is 22.0. The maximum Gasteiger partial charge on any atom is 0.342 e. The van der Waals surface area contributed by atoms with Gasteiger partial charge in [-0.25, -0.2) is 9.78 Å². The Morgan fingerprint density at radius 1 is 1.04 bits per heavy atom. The van der Waals surface area contributed by atoms with Gasteiger partial charge < -0.3 is 36.2 Å². The number of pyridine rings is 1. The van der Waals surface area contributed by atoms with Gasteiger partial charge in [0.25, 0.3) is 5.91 Å². The number of nitrogens with two attached hydrogens (primary N) is 1. The number of nitrogens with zero attached hydrogens (tertiary/aromatic N) is 4. The predicted molar refractivity (Wildman–Crippen MR) is 230 cm³/mol. The van der Waals surface area contributed by atoms with Crippen molar-refractivity contribution in [2.75, 3.05) is 70.2 Å². The Morgan fingerprint density at radius 3 is 2.27 bits per heavy atom. The largest absolute Gasteiger partial charge is 0.477 e. The van der Waals surface area contributed by atoms with Gasteiger partial charge in [-0.05, 0) is 125 Å². The van der Waals surface area contributed by atoms with Crippen molar-refractivity contribution in [3.05, 3.63) is 71.3 Å². The summed E-state index contributed by atoms with van der Waals surface area (Å²) in [4.78, 5) is 50.3. The highest BCUT2D eigenvalue weighted by molar-refractivity contribution is 8.24. The second-order valence-electron chi connectivity index (χ2n) is 14.8. The number of aliphatic carboxylic acids is 1. The summed E-state index contributed by atoms with van der Waals surface area (Å²) in [5, 5.41) is 19.3. The standard InChI is InChI=1S/C23H28ClN5OS.C17H27ClN2O3S/c1-14-19(24)20(27-12-15-6-9-29(2)10-7-15)21(31-14)23(30)28-13-16-3-4-18-17(11-16)5-8-26-22(18)25;1-5-24-11(2)14(18)15(16(24)17(22)23)20(12(3)21)10-13-6-8-19(4)9-7-13/h3-5,8,11,15,27H,6-7,9-10,12-13H2,1-2H3,(H2,25,26)(H,28,30);13,24H,5-10H2,1-4H3,(H,22,23). The molecule has 2 aromatic heterocycles. The molecule has 0 spiro atoms. The molecule has 0 aliphatic carbocycles. The van der Waals surface area contributed by atoms with Crippen molar-refractivity contribution in [3.8, 4) is 0 Å². The summed E-state index contributed by atoms with van der Waals surface area (Å²) in [6.45, 7) is 13.4. The number of halogens is 2. The van der Waals surface area contributed by atoms with Crippen LogP contribution in [0.3, 0.4) is 0 Å². The van der Waals surface area contributed by atoms with E-state index in [-0.39, 0.29) is 11.8 Å². The first-order chi connectivity index (χ1) is 26.2. The van der Waals surface area contributed by atoms with E-state index in [1.54, 1.807) is 11.1 Å². The molecule has 3 aliphatic heterocycles. The minimum Gasteiger partial charge on any atom is -0.477 e. The van der Waals surface area contributed by atoms with Gasteiger partial charge in [0.2, 0.25) is 5.91 Å². The van der Waals surface area contributed by atoms with E-state index in [4.69, 9.17) is 28.9 Å². The number of nitrogen functional groups attached to an aromatic ring is 1. The third-order valence-electron chi connectivity index (χ3n) is 10.8. The van der Waals surface area contributed by atoms with Crippen molar-refractivity contribution >= 4 is 85.5 Å². The molecule has 2 fully saturated rings. The number of carbonyl (C=O) groups is 3. The van der Waals surface area contributed by atoms with Crippen LogP contribution in [0.1, 0.15) is 66.6 Å². The van der Waals surface area contributed by atoms with Gasteiger partial charge in [0.05, 0.1) is 21.4 Å². The molecule has 5 heterocycles. The number of carbonyl (C=O) groups excluding carboxylic acids is 2. The van der Waals surface area contributed by atoms with Crippen LogP contribution in [-0.2, 0) is 16.1 Å². The van der Waals surface area contributed by atoms with Crippen molar-refractivity contribution < 1.29 is 19.5 Å². The van der Waals surface area contributed by atoms with Crippen LogP contribution in [0.5, 0.6) is 0 Å². The number of aromatic nitrogens is 1. The number of piperidine rings is 2. The fraction of sp³-hybridized carbons (Fsp3) is 0.500. The van der Waals surface area contributed by atoms with E-state index >= 15 is 0 Å². The monoisotopic (exact) mass is 831 g/mol. The molecular formula is C40H55Cl2N7O4S2. The first kappa shape index (κ1) is 42.8. The summed E-state index contributed by atoms with van der Waals surface area (Å²) in [6, 6.07) is 7.86. The molecule has 2 amide bonds.